The molecule has 2 aromatic carbocycles. The average molecular weight is 399 g/mol. The third kappa shape index (κ3) is 3.27. The highest BCUT2D eigenvalue weighted by Gasteiger charge is 2.34. The lowest BCUT2D eigenvalue weighted by atomic mass is 9.66. The van der Waals surface area contributed by atoms with Crippen molar-refractivity contribution < 1.29 is 4.57 Å². The van der Waals surface area contributed by atoms with E-state index in [1.54, 1.807) is 11.1 Å². The summed E-state index contributed by atoms with van der Waals surface area (Å²) in [6.45, 7) is 11.5. The summed E-state index contributed by atoms with van der Waals surface area (Å²) in [5.74, 6) is 1.59. The molecule has 0 atom stereocenters. The van der Waals surface area contributed by atoms with E-state index in [-0.39, 0.29) is 0 Å². The summed E-state index contributed by atoms with van der Waals surface area (Å²) in [5.41, 5.74) is 10.6. The monoisotopic (exact) mass is 398 g/mol. The molecule has 1 heteroatoms. The number of hydrogen-bond acceptors (Lipinski definition) is 0. The molecule has 1 nitrogen and oxygen atoms in total. The van der Waals surface area contributed by atoms with Gasteiger partial charge in [0.2, 0.25) is 5.69 Å². The van der Waals surface area contributed by atoms with Crippen molar-refractivity contribution in [3.05, 3.63) is 64.3 Å². The molecule has 0 saturated heterocycles. The summed E-state index contributed by atoms with van der Waals surface area (Å²) < 4.78 is 2.40. The Balaban J connectivity index is 1.71. The number of fused-ring (bicyclic) bond motifs is 3. The van der Waals surface area contributed by atoms with Crippen molar-refractivity contribution in [2.24, 2.45) is 12.5 Å². The lowest BCUT2D eigenvalue weighted by Gasteiger charge is -2.38. The van der Waals surface area contributed by atoms with Crippen molar-refractivity contribution in [1.29, 1.82) is 0 Å². The van der Waals surface area contributed by atoms with Crippen LogP contribution in [0.3, 0.4) is 0 Å². The van der Waals surface area contributed by atoms with Crippen LogP contribution in [0, 0.1) is 19.3 Å². The van der Waals surface area contributed by atoms with Crippen LogP contribution < -0.4 is 4.57 Å². The van der Waals surface area contributed by atoms with Crippen molar-refractivity contribution >= 4 is 10.8 Å². The first-order valence-electron chi connectivity index (χ1n) is 11.8. The van der Waals surface area contributed by atoms with Gasteiger partial charge in [0.1, 0.15) is 7.05 Å². The van der Waals surface area contributed by atoms with E-state index < -0.39 is 0 Å². The summed E-state index contributed by atoms with van der Waals surface area (Å²) in [7, 11) is 2.23. The minimum absolute atomic E-state index is 0.305. The fourth-order valence-electron chi connectivity index (χ4n) is 6.10. The highest BCUT2D eigenvalue weighted by atomic mass is 14.9. The van der Waals surface area contributed by atoms with Crippen LogP contribution in [0.5, 0.6) is 0 Å². The zero-order valence-corrected chi connectivity index (χ0v) is 19.6. The number of benzene rings is 2. The zero-order chi connectivity index (χ0) is 21.2. The lowest BCUT2D eigenvalue weighted by Crippen LogP contribution is -2.35. The molecule has 30 heavy (non-hydrogen) atoms. The molecular weight excluding hydrogens is 362 g/mol. The van der Waals surface area contributed by atoms with Crippen LogP contribution in [-0.4, -0.2) is 0 Å². The van der Waals surface area contributed by atoms with Crippen molar-refractivity contribution in [1.82, 2.24) is 0 Å². The van der Waals surface area contributed by atoms with Gasteiger partial charge >= 0.3 is 0 Å². The third-order valence-electron chi connectivity index (χ3n) is 7.63. The Labute approximate surface area is 182 Å². The topological polar surface area (TPSA) is 3.88 Å². The number of aromatic nitrogens is 1. The molecule has 1 saturated carbocycles. The molecule has 3 aliphatic carbocycles. The van der Waals surface area contributed by atoms with E-state index in [2.05, 4.69) is 82.6 Å². The molecule has 0 N–H and O–H groups in total. The summed E-state index contributed by atoms with van der Waals surface area (Å²) in [4.78, 5) is 0. The van der Waals surface area contributed by atoms with Gasteiger partial charge in [-0.05, 0) is 96.1 Å². The molecule has 156 valence electrons. The Morgan fingerprint density at radius 3 is 2.13 bits per heavy atom. The van der Waals surface area contributed by atoms with E-state index in [4.69, 9.17) is 0 Å². The normalized spacial score (nSPS) is 20.6. The van der Waals surface area contributed by atoms with E-state index in [1.165, 1.54) is 64.5 Å². The second-order valence-electron chi connectivity index (χ2n) is 11.2. The maximum atomic E-state index is 2.57. The van der Waals surface area contributed by atoms with E-state index in [0.29, 0.717) is 5.41 Å². The first-order chi connectivity index (χ1) is 14.2. The standard InChI is InChI=1S/C29H36N/c1-18-13-26-21-8-10-22(11-9-21)27(26)16-25(18)28-24-12-7-20(17-29(3,4)5)15-23(24)14-19(2)30(28)6/h7,12-16,21-22H,8-11,17H2,1-6H3/q+1. The molecule has 0 spiro atoms. The number of rotatable bonds is 2. The fourth-order valence-corrected chi connectivity index (χ4v) is 6.10. The Morgan fingerprint density at radius 1 is 0.867 bits per heavy atom. The molecule has 1 fully saturated rings. The second kappa shape index (κ2) is 6.94. The number of hydrogen-bond donors (Lipinski definition) is 0. The van der Waals surface area contributed by atoms with E-state index >= 15 is 0 Å². The average Bonchev–Trinajstić information content (AvgIpc) is 2.69. The van der Waals surface area contributed by atoms with Gasteiger partial charge in [0.25, 0.3) is 0 Å². The molecule has 0 radical (unpaired) electrons. The van der Waals surface area contributed by atoms with Gasteiger partial charge in [-0.2, -0.15) is 4.57 Å². The van der Waals surface area contributed by atoms with E-state index in [0.717, 1.165) is 18.3 Å². The van der Waals surface area contributed by atoms with Gasteiger partial charge in [-0.25, -0.2) is 0 Å². The van der Waals surface area contributed by atoms with Crippen LogP contribution in [0.25, 0.3) is 22.0 Å². The summed E-state index contributed by atoms with van der Waals surface area (Å²) in [6.07, 6.45) is 6.68. The number of pyridine rings is 1. The van der Waals surface area contributed by atoms with Crippen LogP contribution in [0.1, 0.15) is 86.2 Å². The first-order valence-corrected chi connectivity index (χ1v) is 11.8. The Bertz CT molecular complexity index is 1140. The van der Waals surface area contributed by atoms with E-state index in [1.807, 2.05) is 0 Å². The molecule has 0 amide bonds. The molecule has 0 unspecified atom stereocenters. The molecule has 3 aliphatic rings. The molecule has 0 aliphatic heterocycles. The van der Waals surface area contributed by atoms with E-state index in [9.17, 15) is 0 Å². The first kappa shape index (κ1) is 19.8. The number of aryl methyl sites for hydroxylation is 2. The van der Waals surface area contributed by atoms with Crippen LogP contribution >= 0.6 is 0 Å². The van der Waals surface area contributed by atoms with Crippen molar-refractivity contribution in [2.75, 3.05) is 0 Å². The Morgan fingerprint density at radius 2 is 1.50 bits per heavy atom. The summed E-state index contributed by atoms with van der Waals surface area (Å²) in [5, 5.41) is 2.76. The molecule has 1 heterocycles. The van der Waals surface area contributed by atoms with Gasteiger partial charge in [0.15, 0.2) is 5.69 Å². The predicted molar refractivity (Wildman–Crippen MR) is 127 cm³/mol. The predicted octanol–water partition coefficient (Wildman–Crippen LogP) is 7.29. The van der Waals surface area contributed by atoms with Crippen molar-refractivity contribution in [3.63, 3.8) is 0 Å². The minimum atomic E-state index is 0.305. The summed E-state index contributed by atoms with van der Waals surface area (Å²) in [6, 6.07) is 14.6. The maximum Gasteiger partial charge on any atom is 0.220 e. The Hall–Kier alpha value is -2.15. The molecular formula is C29H36N+. The smallest absolute Gasteiger partial charge is 0.198 e. The zero-order valence-electron chi connectivity index (χ0n) is 19.6. The fraction of sp³-hybridized carbons (Fsp3) is 0.483. The van der Waals surface area contributed by atoms with Gasteiger partial charge in [0, 0.05) is 13.0 Å². The minimum Gasteiger partial charge on any atom is -0.198 e. The largest absolute Gasteiger partial charge is 0.220 e. The summed E-state index contributed by atoms with van der Waals surface area (Å²) >= 11 is 0. The van der Waals surface area contributed by atoms with Crippen LogP contribution in [0.2, 0.25) is 0 Å². The number of nitrogens with zero attached hydrogens (tertiary/aromatic N) is 1. The third-order valence-corrected chi connectivity index (χ3v) is 7.63. The molecule has 1 aromatic heterocycles. The van der Waals surface area contributed by atoms with Crippen molar-refractivity contribution in [3.8, 4) is 11.3 Å². The van der Waals surface area contributed by atoms with Gasteiger partial charge in [-0.15, -0.1) is 0 Å². The van der Waals surface area contributed by atoms with Gasteiger partial charge < -0.3 is 0 Å². The molecule has 6 rings (SSSR count). The second-order valence-corrected chi connectivity index (χ2v) is 11.2. The van der Waals surface area contributed by atoms with Crippen LogP contribution in [-0.2, 0) is 13.5 Å². The van der Waals surface area contributed by atoms with Gasteiger partial charge in [-0.1, -0.05) is 39.0 Å². The SMILES string of the molecule is Cc1cc2c(cc1-c1c3ccc(CC(C)(C)C)cc3cc(C)[n+]1C)C1CCC2CC1. The van der Waals surface area contributed by atoms with Crippen LogP contribution in [0.15, 0.2) is 36.4 Å². The molecule has 3 aromatic rings. The van der Waals surface area contributed by atoms with Crippen LogP contribution in [0.4, 0.5) is 0 Å². The highest BCUT2D eigenvalue weighted by Crippen LogP contribution is 2.50. The quantitative estimate of drug-likeness (QED) is 0.399. The van der Waals surface area contributed by atoms with Gasteiger partial charge in [-0.3, -0.25) is 0 Å². The molecule has 2 bridgehead atoms. The van der Waals surface area contributed by atoms with Crippen molar-refractivity contribution in [2.45, 2.75) is 78.6 Å². The lowest BCUT2D eigenvalue weighted by molar-refractivity contribution is -0.665. The van der Waals surface area contributed by atoms with Gasteiger partial charge in [0.05, 0.1) is 10.9 Å². The Kier molecular flexibility index (Phi) is 4.58. The maximum absolute atomic E-state index is 2.57. The highest BCUT2D eigenvalue weighted by molar-refractivity contribution is 5.94.